The Bertz CT molecular complexity index is 1500. The fourth-order valence-electron chi connectivity index (χ4n) is 4.49. The Hall–Kier alpha value is -3.47. The summed E-state index contributed by atoms with van der Waals surface area (Å²) in [6, 6.07) is 16.5. The third kappa shape index (κ3) is 8.55. The number of nitrogens with one attached hydrogen (secondary N) is 1. The summed E-state index contributed by atoms with van der Waals surface area (Å²) in [5.41, 5.74) is 0.730. The van der Waals surface area contributed by atoms with Crippen molar-refractivity contribution in [3.8, 4) is 11.5 Å². The van der Waals surface area contributed by atoms with E-state index in [2.05, 4.69) is 5.32 Å². The number of nitrogens with zero attached hydrogens (tertiary/aromatic N) is 2. The Balaban J connectivity index is 2.12. The van der Waals surface area contributed by atoms with E-state index in [4.69, 9.17) is 32.7 Å². The number of anilines is 1. The minimum Gasteiger partial charge on any atom is -0.497 e. The SMILES string of the molecule is CCCCNC(=O)[C@@H](CC)N(Cc1ccc(Cl)c(Cl)c1)C(=O)CN(c1cc(OC)ccc1OC)S(=O)(=O)c1ccccc1. The third-order valence-corrected chi connectivity index (χ3v) is 9.33. The van der Waals surface area contributed by atoms with Gasteiger partial charge < -0.3 is 19.7 Å². The van der Waals surface area contributed by atoms with Crippen molar-refractivity contribution in [1.82, 2.24) is 10.2 Å². The molecule has 1 N–H and O–H groups in total. The molecule has 0 saturated carbocycles. The van der Waals surface area contributed by atoms with E-state index in [1.807, 2.05) is 6.92 Å². The molecule has 0 unspecified atom stereocenters. The number of benzene rings is 3. The van der Waals surface area contributed by atoms with Gasteiger partial charge in [0.15, 0.2) is 0 Å². The highest BCUT2D eigenvalue weighted by Gasteiger charge is 2.35. The molecule has 2 amide bonds. The zero-order valence-electron chi connectivity index (χ0n) is 24.7. The lowest BCUT2D eigenvalue weighted by molar-refractivity contribution is -0.140. The Morgan fingerprint density at radius 1 is 0.930 bits per heavy atom. The monoisotopic (exact) mass is 649 g/mol. The van der Waals surface area contributed by atoms with Crippen LogP contribution in [0.15, 0.2) is 71.6 Å². The van der Waals surface area contributed by atoms with E-state index < -0.39 is 28.5 Å². The summed E-state index contributed by atoms with van der Waals surface area (Å²) in [6.45, 7) is 3.63. The van der Waals surface area contributed by atoms with Crippen molar-refractivity contribution in [1.29, 1.82) is 0 Å². The molecule has 0 aliphatic carbocycles. The van der Waals surface area contributed by atoms with Crippen molar-refractivity contribution in [3.63, 3.8) is 0 Å². The lowest BCUT2D eigenvalue weighted by atomic mass is 10.1. The number of halogens is 2. The summed E-state index contributed by atoms with van der Waals surface area (Å²) >= 11 is 12.4. The van der Waals surface area contributed by atoms with Crippen LogP contribution in [-0.4, -0.2) is 58.5 Å². The van der Waals surface area contributed by atoms with Crippen LogP contribution in [0.25, 0.3) is 0 Å². The van der Waals surface area contributed by atoms with Crippen LogP contribution in [-0.2, 0) is 26.2 Å². The van der Waals surface area contributed by atoms with E-state index in [1.165, 1.54) is 37.3 Å². The molecule has 0 aliphatic rings. The number of methoxy groups -OCH3 is 2. The first-order valence-corrected chi connectivity index (χ1v) is 16.1. The predicted molar refractivity (Wildman–Crippen MR) is 170 cm³/mol. The van der Waals surface area contributed by atoms with Gasteiger partial charge in [-0.05, 0) is 54.8 Å². The van der Waals surface area contributed by atoms with E-state index in [-0.39, 0.29) is 28.8 Å². The molecule has 0 aliphatic heterocycles. The smallest absolute Gasteiger partial charge is 0.264 e. The molecule has 43 heavy (non-hydrogen) atoms. The molecule has 1 atom stereocenters. The van der Waals surface area contributed by atoms with E-state index in [9.17, 15) is 18.0 Å². The number of sulfonamides is 1. The number of carbonyl (C=O) groups is 2. The highest BCUT2D eigenvalue weighted by molar-refractivity contribution is 7.92. The molecular formula is C31H37Cl2N3O6S. The molecule has 0 heterocycles. The van der Waals surface area contributed by atoms with Crippen LogP contribution in [0.3, 0.4) is 0 Å². The molecular weight excluding hydrogens is 613 g/mol. The molecule has 3 aromatic carbocycles. The van der Waals surface area contributed by atoms with Crippen molar-refractivity contribution in [2.45, 2.75) is 50.6 Å². The second kappa shape index (κ2) is 15.8. The number of unbranched alkanes of at least 4 members (excludes halogenated alkanes) is 1. The highest BCUT2D eigenvalue weighted by atomic mass is 35.5. The molecule has 232 valence electrons. The number of hydrogen-bond acceptors (Lipinski definition) is 6. The van der Waals surface area contributed by atoms with Crippen LogP contribution in [0.1, 0.15) is 38.7 Å². The topological polar surface area (TPSA) is 105 Å². The summed E-state index contributed by atoms with van der Waals surface area (Å²) in [4.78, 5) is 29.0. The summed E-state index contributed by atoms with van der Waals surface area (Å²) in [7, 11) is -1.42. The van der Waals surface area contributed by atoms with E-state index in [0.29, 0.717) is 34.3 Å². The molecule has 3 aromatic rings. The average Bonchev–Trinajstić information content (AvgIpc) is 3.01. The minimum atomic E-state index is -4.28. The van der Waals surface area contributed by atoms with Gasteiger partial charge in [0.2, 0.25) is 11.8 Å². The lowest BCUT2D eigenvalue weighted by Crippen LogP contribution is -2.52. The largest absolute Gasteiger partial charge is 0.497 e. The first-order chi connectivity index (χ1) is 20.6. The van der Waals surface area contributed by atoms with E-state index in [0.717, 1.165) is 17.1 Å². The minimum absolute atomic E-state index is 0.0100. The fourth-order valence-corrected chi connectivity index (χ4v) is 6.24. The first kappa shape index (κ1) is 34.0. The zero-order chi connectivity index (χ0) is 31.6. The highest BCUT2D eigenvalue weighted by Crippen LogP contribution is 2.36. The Labute approximate surface area is 263 Å². The van der Waals surface area contributed by atoms with E-state index >= 15 is 0 Å². The first-order valence-electron chi connectivity index (χ1n) is 13.9. The molecule has 12 heteroatoms. The standard InChI is InChI=1S/C31H37Cl2N3O6S/c1-5-7-17-34-31(38)27(6-2)35(20-22-13-15-25(32)26(33)18-22)30(37)21-36(43(39,40)24-11-9-8-10-12-24)28-19-23(41-3)14-16-29(28)42-4/h8-16,18-19,27H,5-7,17,20-21H2,1-4H3,(H,34,38)/t27-/m1/s1. The van der Waals surface area contributed by atoms with Crippen molar-refractivity contribution in [2.24, 2.45) is 0 Å². The number of hydrogen-bond donors (Lipinski definition) is 1. The van der Waals surface area contributed by atoms with Gasteiger partial charge >= 0.3 is 0 Å². The number of ether oxygens (including phenoxy) is 2. The summed E-state index contributed by atoms with van der Waals surface area (Å²) in [5, 5.41) is 3.54. The molecule has 9 nitrogen and oxygen atoms in total. The van der Waals surface area contributed by atoms with Crippen LogP contribution in [0, 0.1) is 0 Å². The quantitative estimate of drug-likeness (QED) is 0.205. The maximum absolute atomic E-state index is 14.3. The van der Waals surface area contributed by atoms with E-state index in [1.54, 1.807) is 55.5 Å². The van der Waals surface area contributed by atoms with Crippen molar-refractivity contribution in [2.75, 3.05) is 31.6 Å². The fraction of sp³-hybridized carbons (Fsp3) is 0.355. The van der Waals surface area contributed by atoms with Gasteiger partial charge in [0.1, 0.15) is 24.1 Å². The molecule has 0 saturated heterocycles. The Morgan fingerprint density at radius 3 is 2.26 bits per heavy atom. The second-order valence-corrected chi connectivity index (χ2v) is 12.4. The molecule has 3 rings (SSSR count). The third-order valence-electron chi connectivity index (χ3n) is 6.82. The second-order valence-electron chi connectivity index (χ2n) is 9.70. The number of rotatable bonds is 15. The zero-order valence-corrected chi connectivity index (χ0v) is 27.0. The van der Waals surface area contributed by atoms with Crippen LogP contribution >= 0.6 is 23.2 Å². The van der Waals surface area contributed by atoms with Gasteiger partial charge in [-0.3, -0.25) is 13.9 Å². The van der Waals surface area contributed by atoms with Crippen molar-refractivity contribution < 1.29 is 27.5 Å². The van der Waals surface area contributed by atoms with Gasteiger partial charge in [-0.15, -0.1) is 0 Å². The maximum Gasteiger partial charge on any atom is 0.264 e. The van der Waals surface area contributed by atoms with Gasteiger partial charge in [0.25, 0.3) is 10.0 Å². The van der Waals surface area contributed by atoms with Gasteiger partial charge in [0.05, 0.1) is 34.8 Å². The molecule has 0 spiro atoms. The van der Waals surface area contributed by atoms with Crippen molar-refractivity contribution >= 4 is 50.7 Å². The number of carbonyl (C=O) groups excluding carboxylic acids is 2. The molecule has 0 fully saturated rings. The maximum atomic E-state index is 14.3. The van der Waals surface area contributed by atoms with Gasteiger partial charge in [0, 0.05) is 19.2 Å². The van der Waals surface area contributed by atoms with Crippen LogP contribution < -0.4 is 19.1 Å². The van der Waals surface area contributed by atoms with Gasteiger partial charge in [-0.2, -0.15) is 0 Å². The van der Waals surface area contributed by atoms with Crippen LogP contribution in [0.4, 0.5) is 5.69 Å². The normalized spacial score (nSPS) is 11.9. The Morgan fingerprint density at radius 2 is 1.65 bits per heavy atom. The Kier molecular flexibility index (Phi) is 12.5. The summed E-state index contributed by atoms with van der Waals surface area (Å²) in [5.74, 6) is -0.354. The average molecular weight is 651 g/mol. The number of amides is 2. The predicted octanol–water partition coefficient (Wildman–Crippen LogP) is 5.93. The molecule has 0 aromatic heterocycles. The van der Waals surface area contributed by atoms with Crippen LogP contribution in [0.5, 0.6) is 11.5 Å². The summed E-state index contributed by atoms with van der Waals surface area (Å²) < 4.78 is 40.0. The van der Waals surface area contributed by atoms with Gasteiger partial charge in [-0.25, -0.2) is 8.42 Å². The molecule has 0 radical (unpaired) electrons. The van der Waals surface area contributed by atoms with Crippen molar-refractivity contribution in [3.05, 3.63) is 82.3 Å². The lowest BCUT2D eigenvalue weighted by Gasteiger charge is -2.33. The summed E-state index contributed by atoms with van der Waals surface area (Å²) in [6.07, 6.45) is 1.96. The van der Waals surface area contributed by atoms with Crippen LogP contribution in [0.2, 0.25) is 10.0 Å². The van der Waals surface area contributed by atoms with Gasteiger partial charge in [-0.1, -0.05) is 67.7 Å². The molecule has 0 bridgehead atoms.